The van der Waals surface area contributed by atoms with Crippen LogP contribution >= 0.6 is 11.6 Å². The molecule has 164 valence electrons. The summed E-state index contributed by atoms with van der Waals surface area (Å²) in [5.74, 6) is 2.12. The lowest BCUT2D eigenvalue weighted by Crippen LogP contribution is -2.58. The van der Waals surface area contributed by atoms with Crippen molar-refractivity contribution in [2.24, 2.45) is 5.92 Å². The molecule has 4 fully saturated rings. The van der Waals surface area contributed by atoms with E-state index in [0.29, 0.717) is 53.5 Å². The lowest BCUT2D eigenvalue weighted by Gasteiger charge is -2.50. The fourth-order valence-electron chi connectivity index (χ4n) is 5.29. The zero-order valence-corrected chi connectivity index (χ0v) is 18.4. The van der Waals surface area contributed by atoms with Crippen LogP contribution < -0.4 is 9.64 Å². The minimum Gasteiger partial charge on any atom is -0.472 e. The van der Waals surface area contributed by atoms with Gasteiger partial charge in [0.2, 0.25) is 17.7 Å². The van der Waals surface area contributed by atoms with Crippen molar-refractivity contribution in [1.29, 1.82) is 0 Å². The molecule has 1 aromatic rings. The van der Waals surface area contributed by atoms with Gasteiger partial charge in [-0.25, -0.2) is 4.98 Å². The Morgan fingerprint density at radius 1 is 1.23 bits per heavy atom. The van der Waals surface area contributed by atoms with Crippen LogP contribution in [-0.4, -0.2) is 65.3 Å². The quantitative estimate of drug-likeness (QED) is 0.639. The van der Waals surface area contributed by atoms with Crippen LogP contribution in [0.5, 0.6) is 5.88 Å². The summed E-state index contributed by atoms with van der Waals surface area (Å²) < 4.78 is 11.3. The van der Waals surface area contributed by atoms with E-state index in [1.54, 1.807) is 6.07 Å². The van der Waals surface area contributed by atoms with Gasteiger partial charge >= 0.3 is 0 Å². The minimum absolute atomic E-state index is 0.0224. The number of aromatic nitrogens is 2. The van der Waals surface area contributed by atoms with Crippen LogP contribution in [0.15, 0.2) is 6.07 Å². The predicted octanol–water partition coefficient (Wildman–Crippen LogP) is 3.45. The van der Waals surface area contributed by atoms with E-state index in [9.17, 15) is 4.79 Å². The van der Waals surface area contributed by atoms with Crippen molar-refractivity contribution in [3.05, 3.63) is 11.2 Å². The lowest BCUT2D eigenvalue weighted by atomic mass is 9.81. The third kappa shape index (κ3) is 4.37. The van der Waals surface area contributed by atoms with Gasteiger partial charge in [0.1, 0.15) is 11.3 Å². The molecular formula is C22H31ClN4O3. The Morgan fingerprint density at radius 3 is 2.67 bits per heavy atom. The molecule has 1 saturated carbocycles. The van der Waals surface area contributed by atoms with Crippen LogP contribution in [-0.2, 0) is 9.53 Å². The third-order valence-corrected chi connectivity index (χ3v) is 7.29. The van der Waals surface area contributed by atoms with Gasteiger partial charge in [-0.2, -0.15) is 4.98 Å². The highest BCUT2D eigenvalue weighted by molar-refractivity contribution is 6.29. The second kappa shape index (κ2) is 8.50. The molecule has 4 aliphatic rings. The molecule has 8 heteroatoms. The zero-order chi connectivity index (χ0) is 20.7. The summed E-state index contributed by atoms with van der Waals surface area (Å²) in [5, 5.41) is 0.387. The summed E-state index contributed by atoms with van der Waals surface area (Å²) >= 11 is 6.29. The Bertz CT molecular complexity index is 770. The van der Waals surface area contributed by atoms with Crippen LogP contribution in [0.1, 0.15) is 57.8 Å². The Labute approximate surface area is 183 Å². The first-order valence-corrected chi connectivity index (χ1v) is 11.8. The summed E-state index contributed by atoms with van der Waals surface area (Å²) in [4.78, 5) is 26.4. The summed E-state index contributed by atoms with van der Waals surface area (Å²) in [6, 6.07) is 2.64. The fourth-order valence-corrected chi connectivity index (χ4v) is 5.46. The first-order valence-electron chi connectivity index (χ1n) is 11.4. The number of carbonyl (C=O) groups is 1. The Balaban J connectivity index is 1.29. The molecule has 7 nitrogen and oxygen atoms in total. The number of halogens is 1. The number of fused-ring (bicyclic) bond motifs is 2. The number of hydrogen-bond acceptors (Lipinski definition) is 6. The molecule has 1 amide bonds. The van der Waals surface area contributed by atoms with Gasteiger partial charge in [-0.3, -0.25) is 4.79 Å². The van der Waals surface area contributed by atoms with Gasteiger partial charge in [-0.05, 0) is 50.9 Å². The molecule has 0 aromatic carbocycles. The van der Waals surface area contributed by atoms with Crippen molar-refractivity contribution in [2.75, 3.05) is 25.2 Å². The van der Waals surface area contributed by atoms with Gasteiger partial charge in [0.25, 0.3) is 0 Å². The number of rotatable bonds is 6. The Kier molecular flexibility index (Phi) is 5.75. The van der Waals surface area contributed by atoms with E-state index >= 15 is 0 Å². The zero-order valence-electron chi connectivity index (χ0n) is 17.6. The van der Waals surface area contributed by atoms with Crippen LogP contribution in [0.4, 0.5) is 5.95 Å². The number of hydrogen-bond donors (Lipinski definition) is 0. The highest BCUT2D eigenvalue weighted by atomic mass is 35.5. The van der Waals surface area contributed by atoms with Crippen molar-refractivity contribution in [1.82, 2.24) is 14.9 Å². The van der Waals surface area contributed by atoms with E-state index in [1.165, 1.54) is 19.3 Å². The van der Waals surface area contributed by atoms with E-state index in [0.717, 1.165) is 45.1 Å². The first kappa shape index (κ1) is 20.3. The molecule has 3 aliphatic heterocycles. The maximum Gasteiger partial charge on any atom is 0.230 e. The molecule has 2 bridgehead atoms. The van der Waals surface area contributed by atoms with Crippen LogP contribution in [0.2, 0.25) is 5.15 Å². The average Bonchev–Trinajstić information content (AvgIpc) is 3.38. The van der Waals surface area contributed by atoms with Gasteiger partial charge in [-0.1, -0.05) is 11.6 Å². The molecule has 5 rings (SSSR count). The molecule has 1 aromatic heterocycles. The first-order chi connectivity index (χ1) is 14.6. The minimum atomic E-state index is 0.0224. The highest BCUT2D eigenvalue weighted by Gasteiger charge is 2.43. The smallest absolute Gasteiger partial charge is 0.230 e. The fraction of sp³-hybridized carbons (Fsp3) is 0.773. The van der Waals surface area contributed by atoms with Crippen LogP contribution in [0.25, 0.3) is 0 Å². The Morgan fingerprint density at radius 2 is 2.00 bits per heavy atom. The van der Waals surface area contributed by atoms with E-state index in [4.69, 9.17) is 21.1 Å². The van der Waals surface area contributed by atoms with E-state index in [-0.39, 0.29) is 6.10 Å². The molecule has 0 radical (unpaired) electrons. The topological polar surface area (TPSA) is 67.8 Å². The molecule has 1 aliphatic carbocycles. The normalized spacial score (nSPS) is 30.9. The molecule has 3 saturated heterocycles. The second-order valence-corrected chi connectivity index (χ2v) is 9.74. The largest absolute Gasteiger partial charge is 0.472 e. The van der Waals surface area contributed by atoms with E-state index in [1.807, 2.05) is 7.05 Å². The van der Waals surface area contributed by atoms with Crippen molar-refractivity contribution >= 4 is 23.5 Å². The predicted molar refractivity (Wildman–Crippen MR) is 114 cm³/mol. The highest BCUT2D eigenvalue weighted by Crippen LogP contribution is 2.40. The molecule has 0 spiro atoms. The average molecular weight is 435 g/mol. The third-order valence-electron chi connectivity index (χ3n) is 7.10. The Hall–Kier alpha value is -1.60. The molecule has 4 atom stereocenters. The van der Waals surface area contributed by atoms with Crippen molar-refractivity contribution in [2.45, 2.75) is 82.0 Å². The van der Waals surface area contributed by atoms with Crippen LogP contribution in [0.3, 0.4) is 0 Å². The van der Waals surface area contributed by atoms with E-state index in [2.05, 4.69) is 19.8 Å². The van der Waals surface area contributed by atoms with E-state index < -0.39 is 0 Å². The summed E-state index contributed by atoms with van der Waals surface area (Å²) in [5.41, 5.74) is 0. The second-order valence-electron chi connectivity index (χ2n) is 9.36. The molecule has 0 N–H and O–H groups in total. The van der Waals surface area contributed by atoms with Gasteiger partial charge in [-0.15, -0.1) is 0 Å². The number of amides is 1. The maximum absolute atomic E-state index is 12.9. The molecule has 30 heavy (non-hydrogen) atoms. The van der Waals surface area contributed by atoms with Crippen LogP contribution in [0, 0.1) is 5.92 Å². The van der Waals surface area contributed by atoms with Crippen molar-refractivity contribution in [3.63, 3.8) is 0 Å². The molecular weight excluding hydrogens is 404 g/mol. The van der Waals surface area contributed by atoms with Crippen molar-refractivity contribution < 1.29 is 14.3 Å². The van der Waals surface area contributed by atoms with Gasteiger partial charge in [0.15, 0.2) is 0 Å². The number of nitrogens with zero attached hydrogens (tertiary/aromatic N) is 4. The standard InChI is InChI=1S/C22H31ClN4O3/c1-26(22-24-19(23)12-20(25-22)30-18-7-8-29-13-18)17-10-15-3-2-4-16(11-17)27(15)21(28)9-14-5-6-14/h12,14-18H,2-11,13H2,1H3/t15-,16+,17-,18-/m1/s1. The van der Waals surface area contributed by atoms with Crippen molar-refractivity contribution in [3.8, 4) is 5.88 Å². The maximum atomic E-state index is 12.9. The monoisotopic (exact) mass is 434 g/mol. The molecule has 0 unspecified atom stereocenters. The summed E-state index contributed by atoms with van der Waals surface area (Å²) in [6.45, 7) is 1.31. The summed E-state index contributed by atoms with van der Waals surface area (Å²) in [6.07, 6.45) is 9.43. The van der Waals surface area contributed by atoms with Gasteiger partial charge < -0.3 is 19.3 Å². The molecule has 4 heterocycles. The number of ether oxygens (including phenoxy) is 2. The summed E-state index contributed by atoms with van der Waals surface area (Å²) in [7, 11) is 2.04. The number of anilines is 1. The number of carbonyl (C=O) groups excluding carboxylic acids is 1. The SMILES string of the molecule is CN(c1nc(Cl)cc(O[C@@H]2CCOC2)n1)[C@@H]1C[C@H]2CCC[C@@H](C1)N2C(=O)CC1CC1. The number of piperidine rings is 2. The van der Waals surface area contributed by atoms with Gasteiger partial charge in [0, 0.05) is 44.1 Å². The van der Waals surface area contributed by atoms with Gasteiger partial charge in [0.05, 0.1) is 13.2 Å². The lowest BCUT2D eigenvalue weighted by molar-refractivity contribution is -0.141.